The van der Waals surface area contributed by atoms with E-state index in [1.54, 1.807) is 30.3 Å². The highest BCUT2D eigenvalue weighted by Crippen LogP contribution is 2.31. The van der Waals surface area contributed by atoms with Gasteiger partial charge in [-0.1, -0.05) is 0 Å². The molecule has 0 aliphatic carbocycles. The van der Waals surface area contributed by atoms with Crippen molar-refractivity contribution in [3.63, 3.8) is 0 Å². The lowest BCUT2D eigenvalue weighted by molar-refractivity contribution is 0.108. The van der Waals surface area contributed by atoms with Crippen molar-refractivity contribution in [2.75, 3.05) is 0 Å². The standard InChI is InChI=1S/C14H7ClFNOS/c15-13(18)9-3-6-11-12(7-9)19-14(17-11)8-1-4-10(16)5-2-8/h1-7H. The lowest BCUT2D eigenvalue weighted by Crippen LogP contribution is -1.86. The molecular formula is C14H7ClFNOS. The third kappa shape index (κ3) is 2.37. The van der Waals surface area contributed by atoms with Crippen molar-refractivity contribution >= 4 is 38.4 Å². The molecule has 3 rings (SSSR count). The Labute approximate surface area is 117 Å². The maximum absolute atomic E-state index is 12.9. The Morgan fingerprint density at radius 3 is 2.58 bits per heavy atom. The number of rotatable bonds is 2. The Balaban J connectivity index is 2.11. The zero-order valence-electron chi connectivity index (χ0n) is 9.56. The van der Waals surface area contributed by atoms with Gasteiger partial charge in [0.15, 0.2) is 0 Å². The lowest BCUT2D eigenvalue weighted by atomic mass is 10.2. The van der Waals surface area contributed by atoms with Gasteiger partial charge in [-0.2, -0.15) is 0 Å². The molecule has 94 valence electrons. The van der Waals surface area contributed by atoms with Crippen LogP contribution in [0, 0.1) is 5.82 Å². The van der Waals surface area contributed by atoms with E-state index in [1.165, 1.54) is 23.5 Å². The van der Waals surface area contributed by atoms with Crippen molar-refractivity contribution < 1.29 is 9.18 Å². The van der Waals surface area contributed by atoms with Gasteiger partial charge in [-0.3, -0.25) is 4.79 Å². The summed E-state index contributed by atoms with van der Waals surface area (Å²) >= 11 is 6.89. The molecule has 0 aliphatic heterocycles. The Morgan fingerprint density at radius 1 is 1.16 bits per heavy atom. The van der Waals surface area contributed by atoms with Crippen molar-refractivity contribution in [2.24, 2.45) is 0 Å². The minimum Gasteiger partial charge on any atom is -0.276 e. The maximum Gasteiger partial charge on any atom is 0.252 e. The molecule has 0 saturated carbocycles. The van der Waals surface area contributed by atoms with Crippen LogP contribution in [0.5, 0.6) is 0 Å². The number of hydrogen-bond donors (Lipinski definition) is 0. The molecule has 5 heteroatoms. The van der Waals surface area contributed by atoms with Crippen LogP contribution in [0.3, 0.4) is 0 Å². The van der Waals surface area contributed by atoms with Crippen LogP contribution in [0.2, 0.25) is 0 Å². The van der Waals surface area contributed by atoms with Crippen molar-refractivity contribution in [1.29, 1.82) is 0 Å². The average molecular weight is 292 g/mol. The number of fused-ring (bicyclic) bond motifs is 1. The smallest absolute Gasteiger partial charge is 0.252 e. The predicted octanol–water partition coefficient (Wildman–Crippen LogP) is 4.48. The van der Waals surface area contributed by atoms with Crippen LogP contribution in [0.1, 0.15) is 10.4 Å². The number of benzene rings is 2. The summed E-state index contributed by atoms with van der Waals surface area (Å²) < 4.78 is 13.8. The Kier molecular flexibility index (Phi) is 3.05. The number of carbonyl (C=O) groups is 1. The van der Waals surface area contributed by atoms with Gasteiger partial charge in [0.2, 0.25) is 0 Å². The molecule has 0 atom stereocenters. The molecule has 1 heterocycles. The summed E-state index contributed by atoms with van der Waals surface area (Å²) in [6.45, 7) is 0. The van der Waals surface area contributed by atoms with E-state index in [-0.39, 0.29) is 5.82 Å². The molecule has 2 aromatic carbocycles. The van der Waals surface area contributed by atoms with Gasteiger partial charge in [-0.25, -0.2) is 9.37 Å². The molecular weight excluding hydrogens is 285 g/mol. The fourth-order valence-corrected chi connectivity index (χ4v) is 2.89. The third-order valence-corrected chi connectivity index (χ3v) is 3.99. The lowest BCUT2D eigenvalue weighted by Gasteiger charge is -1.94. The Hall–Kier alpha value is -1.78. The van der Waals surface area contributed by atoms with Crippen LogP contribution in [0.4, 0.5) is 4.39 Å². The highest BCUT2D eigenvalue weighted by atomic mass is 35.5. The molecule has 0 amide bonds. The number of aromatic nitrogens is 1. The number of nitrogens with zero attached hydrogens (tertiary/aromatic N) is 1. The van der Waals surface area contributed by atoms with Crippen molar-refractivity contribution in [3.8, 4) is 10.6 Å². The van der Waals surface area contributed by atoms with E-state index in [0.717, 1.165) is 20.8 Å². The fourth-order valence-electron chi connectivity index (χ4n) is 1.76. The van der Waals surface area contributed by atoms with Crippen LogP contribution in [0.15, 0.2) is 42.5 Å². The predicted molar refractivity (Wildman–Crippen MR) is 75.2 cm³/mol. The molecule has 19 heavy (non-hydrogen) atoms. The van der Waals surface area contributed by atoms with Crippen LogP contribution in [-0.2, 0) is 0 Å². The normalized spacial score (nSPS) is 10.8. The van der Waals surface area contributed by atoms with Crippen LogP contribution in [0.25, 0.3) is 20.8 Å². The van der Waals surface area contributed by atoms with E-state index in [0.29, 0.717) is 5.56 Å². The first-order valence-corrected chi connectivity index (χ1v) is 6.69. The quantitative estimate of drug-likeness (QED) is 0.652. The first-order chi connectivity index (χ1) is 9.13. The molecule has 0 aliphatic rings. The van der Waals surface area contributed by atoms with Gasteiger partial charge >= 0.3 is 0 Å². The molecule has 2 nitrogen and oxygen atoms in total. The van der Waals surface area contributed by atoms with Crippen LogP contribution < -0.4 is 0 Å². The first-order valence-electron chi connectivity index (χ1n) is 5.50. The summed E-state index contributed by atoms with van der Waals surface area (Å²) in [5.74, 6) is -0.278. The summed E-state index contributed by atoms with van der Waals surface area (Å²) in [5, 5.41) is 0.299. The molecule has 0 bridgehead atoms. The second-order valence-electron chi connectivity index (χ2n) is 3.98. The Morgan fingerprint density at radius 2 is 1.89 bits per heavy atom. The zero-order chi connectivity index (χ0) is 13.4. The molecule has 0 radical (unpaired) electrons. The summed E-state index contributed by atoms with van der Waals surface area (Å²) in [4.78, 5) is 15.6. The monoisotopic (exact) mass is 291 g/mol. The van der Waals surface area contributed by atoms with Gasteiger partial charge < -0.3 is 0 Å². The SMILES string of the molecule is O=C(Cl)c1ccc2nc(-c3ccc(F)cc3)sc2c1. The van der Waals surface area contributed by atoms with Crippen molar-refractivity contribution in [2.45, 2.75) is 0 Å². The third-order valence-electron chi connectivity index (χ3n) is 2.71. The summed E-state index contributed by atoms with van der Waals surface area (Å²) in [7, 11) is 0. The average Bonchev–Trinajstić information content (AvgIpc) is 2.82. The number of halogens is 2. The minimum atomic E-state index is -0.487. The van der Waals surface area contributed by atoms with E-state index < -0.39 is 5.24 Å². The highest BCUT2D eigenvalue weighted by molar-refractivity contribution is 7.21. The van der Waals surface area contributed by atoms with E-state index in [4.69, 9.17) is 11.6 Å². The second-order valence-corrected chi connectivity index (χ2v) is 5.36. The number of thiazole rings is 1. The molecule has 0 saturated heterocycles. The van der Waals surface area contributed by atoms with Gasteiger partial charge in [0, 0.05) is 11.1 Å². The molecule has 0 spiro atoms. The van der Waals surface area contributed by atoms with Crippen LogP contribution in [-0.4, -0.2) is 10.2 Å². The van der Waals surface area contributed by atoms with E-state index >= 15 is 0 Å². The zero-order valence-corrected chi connectivity index (χ0v) is 11.1. The van der Waals surface area contributed by atoms with Crippen molar-refractivity contribution in [1.82, 2.24) is 4.98 Å². The van der Waals surface area contributed by atoms with Gasteiger partial charge in [0.25, 0.3) is 5.24 Å². The van der Waals surface area contributed by atoms with Gasteiger partial charge in [0.05, 0.1) is 10.2 Å². The van der Waals surface area contributed by atoms with Gasteiger partial charge in [0.1, 0.15) is 10.8 Å². The largest absolute Gasteiger partial charge is 0.276 e. The summed E-state index contributed by atoms with van der Waals surface area (Å²) in [5.41, 5.74) is 2.09. The molecule has 0 N–H and O–H groups in total. The molecule has 0 fully saturated rings. The summed E-state index contributed by atoms with van der Waals surface area (Å²) in [6, 6.07) is 11.3. The molecule has 3 aromatic rings. The first kappa shape index (κ1) is 12.3. The maximum atomic E-state index is 12.9. The van der Waals surface area contributed by atoms with Crippen LogP contribution >= 0.6 is 22.9 Å². The van der Waals surface area contributed by atoms with E-state index in [9.17, 15) is 9.18 Å². The second kappa shape index (κ2) is 4.72. The Bertz CT molecular complexity index is 767. The number of carbonyl (C=O) groups excluding carboxylic acids is 1. The summed E-state index contributed by atoms with van der Waals surface area (Å²) in [6.07, 6.45) is 0. The fraction of sp³-hybridized carbons (Fsp3) is 0. The van der Waals surface area contributed by atoms with Gasteiger partial charge in [-0.15, -0.1) is 11.3 Å². The van der Waals surface area contributed by atoms with E-state index in [2.05, 4.69) is 4.98 Å². The van der Waals surface area contributed by atoms with Crippen molar-refractivity contribution in [3.05, 3.63) is 53.8 Å². The number of hydrogen-bond acceptors (Lipinski definition) is 3. The van der Waals surface area contributed by atoms with E-state index in [1.807, 2.05) is 0 Å². The highest BCUT2D eigenvalue weighted by Gasteiger charge is 2.09. The topological polar surface area (TPSA) is 30.0 Å². The molecule has 1 aromatic heterocycles. The van der Waals surface area contributed by atoms with Gasteiger partial charge in [-0.05, 0) is 54.1 Å². The minimum absolute atomic E-state index is 0.278. The molecule has 0 unspecified atom stereocenters.